The van der Waals surface area contributed by atoms with Crippen molar-refractivity contribution in [3.63, 3.8) is 0 Å². The van der Waals surface area contributed by atoms with Gasteiger partial charge < -0.3 is 4.18 Å². The number of hydrogen-bond donors (Lipinski definition) is 0. The summed E-state index contributed by atoms with van der Waals surface area (Å²) in [5, 5.41) is 0.874. The minimum absolute atomic E-state index is 0.601. The molecule has 0 bridgehead atoms. The third-order valence-corrected chi connectivity index (χ3v) is 8.09. The maximum atomic E-state index is 5.37. The van der Waals surface area contributed by atoms with Crippen LogP contribution in [-0.2, 0) is 4.18 Å². The summed E-state index contributed by atoms with van der Waals surface area (Å²) in [6.45, 7) is 0.842. The SMILES string of the molecule is CSOCCC1=CC=C(S(C)(C)C2CC=CC2)C1. The van der Waals surface area contributed by atoms with E-state index in [-0.39, 0.29) is 0 Å². The van der Waals surface area contributed by atoms with Gasteiger partial charge in [-0.3, -0.25) is 0 Å². The van der Waals surface area contributed by atoms with Crippen LogP contribution in [0.25, 0.3) is 0 Å². The van der Waals surface area contributed by atoms with Crippen LogP contribution in [-0.4, -0.2) is 30.6 Å². The summed E-state index contributed by atoms with van der Waals surface area (Å²) in [5.74, 6) is 0. The molecule has 2 rings (SSSR count). The Hall–Kier alpha value is -0.120. The Balaban J connectivity index is 1.85. The van der Waals surface area contributed by atoms with E-state index in [2.05, 4.69) is 36.8 Å². The molecule has 0 aliphatic heterocycles. The standard InChI is InChI=1S/C15H24OS2/c1-17-16-11-10-13-8-9-15(12-13)18(2,3)14-6-4-5-7-14/h4-5,8-9,14H,6-7,10-12H2,1-3H3. The summed E-state index contributed by atoms with van der Waals surface area (Å²) in [4.78, 5) is 1.69. The highest BCUT2D eigenvalue weighted by atomic mass is 32.3. The van der Waals surface area contributed by atoms with Crippen molar-refractivity contribution in [2.75, 3.05) is 25.4 Å². The first kappa shape index (κ1) is 14.3. The maximum absolute atomic E-state index is 5.37. The van der Waals surface area contributed by atoms with Gasteiger partial charge in [0.05, 0.1) is 6.61 Å². The largest absolute Gasteiger partial charge is 0.315 e. The van der Waals surface area contributed by atoms with Crippen LogP contribution >= 0.6 is 22.1 Å². The average Bonchev–Trinajstić information content (AvgIpc) is 3.01. The van der Waals surface area contributed by atoms with Gasteiger partial charge in [-0.05, 0) is 60.4 Å². The van der Waals surface area contributed by atoms with Crippen molar-refractivity contribution in [3.05, 3.63) is 34.8 Å². The zero-order chi connectivity index (χ0) is 13.0. The van der Waals surface area contributed by atoms with Crippen LogP contribution in [0.4, 0.5) is 0 Å². The topological polar surface area (TPSA) is 9.23 Å². The lowest BCUT2D eigenvalue weighted by molar-refractivity contribution is 0.379. The van der Waals surface area contributed by atoms with Gasteiger partial charge in [0.15, 0.2) is 0 Å². The molecule has 18 heavy (non-hydrogen) atoms. The molecule has 0 fully saturated rings. The van der Waals surface area contributed by atoms with E-state index < -0.39 is 10.0 Å². The van der Waals surface area contributed by atoms with Crippen LogP contribution < -0.4 is 0 Å². The van der Waals surface area contributed by atoms with Crippen molar-refractivity contribution in [1.82, 2.24) is 0 Å². The van der Waals surface area contributed by atoms with E-state index in [1.54, 1.807) is 10.5 Å². The summed E-state index contributed by atoms with van der Waals surface area (Å²) in [6.07, 6.45) is 21.2. The zero-order valence-corrected chi connectivity index (χ0v) is 13.3. The fourth-order valence-corrected chi connectivity index (χ4v) is 5.47. The van der Waals surface area contributed by atoms with Crippen LogP contribution in [0.5, 0.6) is 0 Å². The van der Waals surface area contributed by atoms with E-state index in [0.717, 1.165) is 18.3 Å². The molecule has 3 heteroatoms. The smallest absolute Gasteiger partial charge is 0.0651 e. The number of allylic oxidation sites excluding steroid dienone is 5. The molecular weight excluding hydrogens is 260 g/mol. The molecule has 0 spiro atoms. The minimum atomic E-state index is -0.601. The Morgan fingerprint density at radius 1 is 1.28 bits per heavy atom. The van der Waals surface area contributed by atoms with Gasteiger partial charge in [-0.2, -0.15) is 0 Å². The lowest BCUT2D eigenvalue weighted by Gasteiger charge is -2.39. The molecule has 2 aliphatic carbocycles. The maximum Gasteiger partial charge on any atom is 0.0651 e. The molecular formula is C15H24OS2. The molecule has 102 valence electrons. The summed E-state index contributed by atoms with van der Waals surface area (Å²) >= 11 is 1.46. The third-order valence-electron chi connectivity index (χ3n) is 4.00. The van der Waals surface area contributed by atoms with Crippen LogP contribution in [0.2, 0.25) is 0 Å². The first-order chi connectivity index (χ1) is 8.64. The molecule has 0 saturated carbocycles. The second-order valence-corrected chi connectivity index (χ2v) is 9.92. The lowest BCUT2D eigenvalue weighted by Crippen LogP contribution is -2.14. The number of rotatable bonds is 6. The predicted octanol–water partition coefficient (Wildman–Crippen LogP) is 4.67. The highest BCUT2D eigenvalue weighted by molar-refractivity contribution is 8.36. The van der Waals surface area contributed by atoms with Crippen LogP contribution in [0, 0.1) is 0 Å². The van der Waals surface area contributed by atoms with E-state index in [4.69, 9.17) is 4.18 Å². The Kier molecular flexibility index (Phi) is 5.05. The molecule has 0 aromatic heterocycles. The van der Waals surface area contributed by atoms with Crippen LogP contribution in [0.15, 0.2) is 34.8 Å². The summed E-state index contributed by atoms with van der Waals surface area (Å²) in [5.41, 5.74) is 1.55. The average molecular weight is 284 g/mol. The van der Waals surface area contributed by atoms with Crippen molar-refractivity contribution in [2.45, 2.75) is 30.9 Å². The number of hydrogen-bond acceptors (Lipinski definition) is 2. The van der Waals surface area contributed by atoms with Gasteiger partial charge in [-0.15, -0.1) is 0 Å². The van der Waals surface area contributed by atoms with Gasteiger partial charge in [-0.1, -0.05) is 29.9 Å². The molecule has 0 radical (unpaired) electrons. The molecule has 0 aromatic carbocycles. The second kappa shape index (κ2) is 6.36. The van der Waals surface area contributed by atoms with Gasteiger partial charge in [0.25, 0.3) is 0 Å². The molecule has 0 N–H and O–H groups in total. The Labute approximate surface area is 117 Å². The van der Waals surface area contributed by atoms with E-state index in [0.29, 0.717) is 0 Å². The third kappa shape index (κ3) is 3.25. The quantitative estimate of drug-likeness (QED) is 0.398. The summed E-state index contributed by atoms with van der Waals surface area (Å²) in [6, 6.07) is 0. The van der Waals surface area contributed by atoms with Crippen molar-refractivity contribution in [2.24, 2.45) is 0 Å². The molecule has 0 atom stereocenters. The molecule has 0 unspecified atom stereocenters. The lowest BCUT2D eigenvalue weighted by atomic mass is 10.2. The summed E-state index contributed by atoms with van der Waals surface area (Å²) < 4.78 is 5.37. The van der Waals surface area contributed by atoms with Crippen molar-refractivity contribution >= 4 is 22.1 Å². The highest BCUT2D eigenvalue weighted by Crippen LogP contribution is 2.59. The molecule has 0 aromatic rings. The molecule has 0 amide bonds. The first-order valence-electron chi connectivity index (χ1n) is 6.56. The van der Waals surface area contributed by atoms with Crippen LogP contribution in [0.3, 0.4) is 0 Å². The fourth-order valence-electron chi connectivity index (χ4n) is 2.63. The Morgan fingerprint density at radius 3 is 2.67 bits per heavy atom. The van der Waals surface area contributed by atoms with E-state index in [9.17, 15) is 0 Å². The predicted molar refractivity (Wildman–Crippen MR) is 86.5 cm³/mol. The van der Waals surface area contributed by atoms with E-state index in [1.807, 2.05) is 6.26 Å². The highest BCUT2D eigenvalue weighted by Gasteiger charge is 2.30. The van der Waals surface area contributed by atoms with Crippen molar-refractivity contribution in [1.29, 1.82) is 0 Å². The normalized spacial score (nSPS) is 21.3. The molecule has 0 heterocycles. The Morgan fingerprint density at radius 2 is 2.00 bits per heavy atom. The first-order valence-corrected chi connectivity index (χ1v) is 10.2. The fraction of sp³-hybridized carbons (Fsp3) is 0.600. The van der Waals surface area contributed by atoms with Crippen LogP contribution in [0.1, 0.15) is 25.7 Å². The minimum Gasteiger partial charge on any atom is -0.315 e. The van der Waals surface area contributed by atoms with E-state index >= 15 is 0 Å². The van der Waals surface area contributed by atoms with Gasteiger partial charge in [0.2, 0.25) is 0 Å². The monoisotopic (exact) mass is 284 g/mol. The summed E-state index contributed by atoms with van der Waals surface area (Å²) in [7, 11) is -0.601. The van der Waals surface area contributed by atoms with Gasteiger partial charge in [0, 0.05) is 6.26 Å². The molecule has 0 saturated heterocycles. The second-order valence-electron chi connectivity index (χ2n) is 5.34. The zero-order valence-electron chi connectivity index (χ0n) is 11.6. The van der Waals surface area contributed by atoms with Crippen molar-refractivity contribution < 1.29 is 4.18 Å². The van der Waals surface area contributed by atoms with Gasteiger partial charge in [-0.25, -0.2) is 10.0 Å². The van der Waals surface area contributed by atoms with Gasteiger partial charge >= 0.3 is 0 Å². The van der Waals surface area contributed by atoms with E-state index in [1.165, 1.54) is 31.3 Å². The van der Waals surface area contributed by atoms with Crippen molar-refractivity contribution in [3.8, 4) is 0 Å². The molecule has 2 aliphatic rings. The Bertz CT molecular complexity index is 372. The molecule has 1 nitrogen and oxygen atoms in total. The van der Waals surface area contributed by atoms with Gasteiger partial charge in [0.1, 0.15) is 0 Å².